The van der Waals surface area contributed by atoms with Gasteiger partial charge in [0.15, 0.2) is 0 Å². The number of imidazole rings is 1. The van der Waals surface area contributed by atoms with Crippen molar-refractivity contribution in [2.75, 3.05) is 13.7 Å². The SMILES string of the molecule is COC(=O)c1ccc2c(c1)nc(CCl)n2C[C@@H]1CCO1. The number of hydrogen-bond acceptors (Lipinski definition) is 4. The molecule has 2 heterocycles. The Balaban J connectivity index is 2.01. The molecule has 6 heteroatoms. The van der Waals surface area contributed by atoms with Crippen molar-refractivity contribution in [1.29, 1.82) is 0 Å². The molecule has 1 aliphatic heterocycles. The highest BCUT2D eigenvalue weighted by molar-refractivity contribution is 6.16. The highest BCUT2D eigenvalue weighted by Crippen LogP contribution is 2.23. The molecule has 1 aliphatic rings. The molecule has 2 aromatic rings. The van der Waals surface area contributed by atoms with Crippen LogP contribution >= 0.6 is 11.6 Å². The fourth-order valence-corrected chi connectivity index (χ4v) is 2.57. The quantitative estimate of drug-likeness (QED) is 0.641. The van der Waals surface area contributed by atoms with Gasteiger partial charge in [-0.05, 0) is 24.6 Å². The van der Waals surface area contributed by atoms with E-state index < -0.39 is 0 Å². The number of rotatable bonds is 4. The zero-order valence-electron chi connectivity index (χ0n) is 11.1. The lowest BCUT2D eigenvalue weighted by Gasteiger charge is -2.27. The summed E-state index contributed by atoms with van der Waals surface area (Å²) in [4.78, 5) is 16.0. The number of carbonyl (C=O) groups is 1. The molecule has 0 bridgehead atoms. The highest BCUT2D eigenvalue weighted by Gasteiger charge is 2.21. The van der Waals surface area contributed by atoms with Gasteiger partial charge in [-0.2, -0.15) is 0 Å². The normalized spacial score (nSPS) is 18.0. The first-order valence-corrected chi connectivity index (χ1v) is 7.01. The fraction of sp³-hybridized carbons (Fsp3) is 0.429. The van der Waals surface area contributed by atoms with Gasteiger partial charge in [-0.15, -0.1) is 11.6 Å². The molecule has 0 unspecified atom stereocenters. The largest absolute Gasteiger partial charge is 0.465 e. The van der Waals surface area contributed by atoms with E-state index in [4.69, 9.17) is 21.1 Å². The number of fused-ring (bicyclic) bond motifs is 1. The maximum atomic E-state index is 11.5. The third kappa shape index (κ3) is 2.27. The maximum Gasteiger partial charge on any atom is 0.337 e. The van der Waals surface area contributed by atoms with Gasteiger partial charge in [0.05, 0.1) is 42.2 Å². The Bertz CT molecular complexity index is 649. The summed E-state index contributed by atoms with van der Waals surface area (Å²) < 4.78 is 12.2. The molecule has 5 nitrogen and oxygen atoms in total. The van der Waals surface area contributed by atoms with Crippen LogP contribution in [0.15, 0.2) is 18.2 Å². The Morgan fingerprint density at radius 3 is 3.00 bits per heavy atom. The van der Waals surface area contributed by atoms with Gasteiger partial charge in [0.1, 0.15) is 5.82 Å². The van der Waals surface area contributed by atoms with Gasteiger partial charge in [0, 0.05) is 6.61 Å². The lowest BCUT2D eigenvalue weighted by Crippen LogP contribution is -2.31. The topological polar surface area (TPSA) is 53.3 Å². The van der Waals surface area contributed by atoms with Crippen LogP contribution in [-0.2, 0) is 21.9 Å². The smallest absolute Gasteiger partial charge is 0.337 e. The first-order valence-electron chi connectivity index (χ1n) is 6.48. The van der Waals surface area contributed by atoms with Gasteiger partial charge in [0.25, 0.3) is 0 Å². The monoisotopic (exact) mass is 294 g/mol. The summed E-state index contributed by atoms with van der Waals surface area (Å²) in [5.41, 5.74) is 2.21. The second-order valence-electron chi connectivity index (χ2n) is 4.75. The number of methoxy groups -OCH3 is 1. The second kappa shape index (κ2) is 5.42. The molecule has 1 aromatic heterocycles. The molecule has 0 spiro atoms. The highest BCUT2D eigenvalue weighted by atomic mass is 35.5. The average molecular weight is 295 g/mol. The fourth-order valence-electron chi connectivity index (χ4n) is 2.36. The van der Waals surface area contributed by atoms with Crippen molar-refractivity contribution in [2.45, 2.75) is 24.9 Å². The first-order chi connectivity index (χ1) is 9.72. The van der Waals surface area contributed by atoms with Crippen LogP contribution in [0.1, 0.15) is 22.6 Å². The van der Waals surface area contributed by atoms with Crippen molar-refractivity contribution in [3.05, 3.63) is 29.6 Å². The summed E-state index contributed by atoms with van der Waals surface area (Å²) in [6.07, 6.45) is 1.29. The number of halogens is 1. The summed E-state index contributed by atoms with van der Waals surface area (Å²) in [6.45, 7) is 1.57. The lowest BCUT2D eigenvalue weighted by molar-refractivity contribution is -0.0589. The van der Waals surface area contributed by atoms with Crippen LogP contribution in [0.5, 0.6) is 0 Å². The third-order valence-corrected chi connectivity index (χ3v) is 3.79. The maximum absolute atomic E-state index is 11.5. The number of ether oxygens (including phenoxy) is 2. The molecular formula is C14H15ClN2O3. The summed E-state index contributed by atoms with van der Waals surface area (Å²) in [5.74, 6) is 0.755. The van der Waals surface area contributed by atoms with Crippen molar-refractivity contribution < 1.29 is 14.3 Å². The molecule has 0 amide bonds. The number of esters is 1. The van der Waals surface area contributed by atoms with Crippen molar-refractivity contribution >= 4 is 28.6 Å². The lowest BCUT2D eigenvalue weighted by atomic mass is 10.1. The molecule has 0 N–H and O–H groups in total. The van der Waals surface area contributed by atoms with E-state index >= 15 is 0 Å². The van der Waals surface area contributed by atoms with E-state index in [0.717, 1.165) is 36.4 Å². The molecule has 3 rings (SSSR count). The van der Waals surface area contributed by atoms with E-state index in [1.807, 2.05) is 6.07 Å². The van der Waals surface area contributed by atoms with Crippen LogP contribution in [0.4, 0.5) is 0 Å². The summed E-state index contributed by atoms with van der Waals surface area (Å²) in [7, 11) is 1.36. The van der Waals surface area contributed by atoms with E-state index in [-0.39, 0.29) is 12.1 Å². The minimum Gasteiger partial charge on any atom is -0.465 e. The Kier molecular flexibility index (Phi) is 3.63. The Morgan fingerprint density at radius 2 is 2.40 bits per heavy atom. The van der Waals surface area contributed by atoms with Crippen LogP contribution in [0.2, 0.25) is 0 Å². The summed E-state index contributed by atoms with van der Waals surface area (Å²) in [6, 6.07) is 5.35. The summed E-state index contributed by atoms with van der Waals surface area (Å²) >= 11 is 5.96. The third-order valence-electron chi connectivity index (χ3n) is 3.55. The summed E-state index contributed by atoms with van der Waals surface area (Å²) in [5, 5.41) is 0. The Labute approximate surface area is 121 Å². The second-order valence-corrected chi connectivity index (χ2v) is 5.02. The number of carbonyl (C=O) groups excluding carboxylic acids is 1. The van der Waals surface area contributed by atoms with Crippen LogP contribution in [0.3, 0.4) is 0 Å². The number of aromatic nitrogens is 2. The van der Waals surface area contributed by atoms with E-state index in [2.05, 4.69) is 9.55 Å². The van der Waals surface area contributed by atoms with E-state index in [0.29, 0.717) is 11.4 Å². The van der Waals surface area contributed by atoms with Gasteiger partial charge >= 0.3 is 5.97 Å². The standard InChI is InChI=1S/C14H15ClN2O3/c1-19-14(18)9-2-3-12-11(6-9)16-13(7-15)17(12)8-10-4-5-20-10/h2-3,6,10H,4-5,7-8H2,1H3/t10-/m0/s1. The number of benzene rings is 1. The van der Waals surface area contributed by atoms with Crippen LogP contribution < -0.4 is 0 Å². The van der Waals surface area contributed by atoms with Crippen LogP contribution in [-0.4, -0.2) is 35.3 Å². The zero-order valence-corrected chi connectivity index (χ0v) is 11.9. The molecule has 1 atom stereocenters. The number of alkyl halides is 1. The minimum atomic E-state index is -0.365. The van der Waals surface area contributed by atoms with Crippen molar-refractivity contribution in [3.8, 4) is 0 Å². The van der Waals surface area contributed by atoms with Crippen LogP contribution in [0, 0.1) is 0 Å². The van der Waals surface area contributed by atoms with Gasteiger partial charge in [-0.3, -0.25) is 0 Å². The van der Waals surface area contributed by atoms with E-state index in [1.54, 1.807) is 12.1 Å². The molecule has 1 aromatic carbocycles. The number of nitrogens with zero attached hydrogens (tertiary/aromatic N) is 2. The van der Waals surface area contributed by atoms with Crippen molar-refractivity contribution in [1.82, 2.24) is 9.55 Å². The average Bonchev–Trinajstić information content (AvgIpc) is 2.78. The first kappa shape index (κ1) is 13.4. The predicted octanol–water partition coefficient (Wildman–Crippen LogP) is 2.35. The number of hydrogen-bond donors (Lipinski definition) is 0. The molecule has 0 aliphatic carbocycles. The van der Waals surface area contributed by atoms with Crippen molar-refractivity contribution in [3.63, 3.8) is 0 Å². The Morgan fingerprint density at radius 1 is 1.60 bits per heavy atom. The molecule has 0 saturated carbocycles. The molecule has 20 heavy (non-hydrogen) atoms. The molecule has 106 valence electrons. The molecule has 1 saturated heterocycles. The van der Waals surface area contributed by atoms with Gasteiger partial charge in [-0.25, -0.2) is 9.78 Å². The molecular weight excluding hydrogens is 280 g/mol. The zero-order chi connectivity index (χ0) is 14.1. The van der Waals surface area contributed by atoms with Gasteiger partial charge in [-0.1, -0.05) is 0 Å². The van der Waals surface area contributed by atoms with Gasteiger partial charge in [0.2, 0.25) is 0 Å². The van der Waals surface area contributed by atoms with Crippen molar-refractivity contribution in [2.24, 2.45) is 0 Å². The Hall–Kier alpha value is -1.59. The van der Waals surface area contributed by atoms with E-state index in [9.17, 15) is 4.79 Å². The van der Waals surface area contributed by atoms with Gasteiger partial charge < -0.3 is 14.0 Å². The molecule has 0 radical (unpaired) electrons. The van der Waals surface area contributed by atoms with E-state index in [1.165, 1.54) is 7.11 Å². The predicted molar refractivity (Wildman–Crippen MR) is 75.0 cm³/mol. The minimum absolute atomic E-state index is 0.231. The van der Waals surface area contributed by atoms with Crippen LogP contribution in [0.25, 0.3) is 11.0 Å². The molecule has 1 fully saturated rings.